The zero-order valence-electron chi connectivity index (χ0n) is 27.5. The Kier molecular flexibility index (Phi) is 20.3. The summed E-state index contributed by atoms with van der Waals surface area (Å²) in [6.07, 6.45) is 0. The molecule has 0 aliphatic rings. The predicted octanol–water partition coefficient (Wildman–Crippen LogP) is 3.57. The van der Waals surface area contributed by atoms with Gasteiger partial charge in [-0.25, -0.2) is 28.0 Å². The first-order chi connectivity index (χ1) is 20.1. The zero-order chi connectivity index (χ0) is 36.1. The molecule has 0 unspecified atom stereocenters. The van der Waals surface area contributed by atoms with E-state index >= 15 is 0 Å². The van der Waals surface area contributed by atoms with Crippen molar-refractivity contribution in [1.29, 1.82) is 0 Å². The van der Waals surface area contributed by atoms with Gasteiger partial charge in [-0.3, -0.25) is 13.7 Å². The van der Waals surface area contributed by atoms with Crippen molar-refractivity contribution in [3.8, 4) is 0 Å². The average molecular weight is 908 g/mol. The summed E-state index contributed by atoms with van der Waals surface area (Å²) in [4.78, 5) is 0. The van der Waals surface area contributed by atoms with Crippen molar-refractivity contribution < 1.29 is 44.1 Å². The molecule has 0 heterocycles. The van der Waals surface area contributed by atoms with Crippen LogP contribution in [0, 0.1) is 11.6 Å². The maximum atomic E-state index is 12.6. The molecule has 1 radical (unpaired) electrons. The van der Waals surface area contributed by atoms with Crippen molar-refractivity contribution in [2.45, 2.75) is 5.51 Å². The quantitative estimate of drug-likeness (QED) is 0.138. The Labute approximate surface area is 276 Å². The summed E-state index contributed by atoms with van der Waals surface area (Å²) in [6, 6.07) is 13.2. The van der Waals surface area contributed by atoms with Gasteiger partial charge in [-0.15, -0.1) is 0 Å². The van der Waals surface area contributed by atoms with Gasteiger partial charge in [0, 0.05) is 0 Å². The van der Waals surface area contributed by atoms with Gasteiger partial charge in [0.2, 0.25) is 0 Å². The number of alkyl halides is 3. The molecule has 45 heavy (non-hydrogen) atoms. The Hall–Kier alpha value is -0.897. The molecule has 11 nitrogen and oxygen atoms in total. The second-order valence-corrected chi connectivity index (χ2v) is 23.2. The summed E-state index contributed by atoms with van der Waals surface area (Å²) in [5, 5.41) is 0. The van der Waals surface area contributed by atoms with Gasteiger partial charge in [0.25, 0.3) is 15.2 Å². The van der Waals surface area contributed by atoms with Crippen LogP contribution in [0.2, 0.25) is 0 Å². The van der Waals surface area contributed by atoms with Crippen molar-refractivity contribution in [3.05, 3.63) is 60.2 Å². The van der Waals surface area contributed by atoms with E-state index in [4.69, 9.17) is 13.0 Å². The molecule has 2 aromatic rings. The van der Waals surface area contributed by atoms with Gasteiger partial charge in [0.1, 0.15) is 0 Å². The minimum atomic E-state index is -5.84. The van der Waals surface area contributed by atoms with E-state index in [9.17, 15) is 31.1 Å². The molecule has 0 saturated carbocycles. The monoisotopic (exact) mass is 907 g/mol. The van der Waals surface area contributed by atoms with Gasteiger partial charge in [0.05, 0.1) is 0 Å². The Morgan fingerprint density at radius 2 is 0.733 bits per heavy atom. The summed E-state index contributed by atoms with van der Waals surface area (Å²) in [5.74, 6) is -0.418. The van der Waals surface area contributed by atoms with Crippen molar-refractivity contribution in [2.24, 2.45) is 0 Å². The minimum absolute atomic E-state index is 0.209. The van der Waals surface area contributed by atoms with Crippen molar-refractivity contribution in [1.82, 2.24) is 28.0 Å². The Balaban J connectivity index is 0. The molecular formula is C25H45BiF5N6O5P2S. The molecule has 261 valence electrons. The van der Waals surface area contributed by atoms with E-state index in [1.165, 1.54) is 30.8 Å². The van der Waals surface area contributed by atoms with Crippen molar-refractivity contribution >= 4 is 55.1 Å². The third-order valence-electron chi connectivity index (χ3n) is 5.33. The molecule has 20 heteroatoms. The topological polar surface area (TPSA) is 108 Å². The summed E-state index contributed by atoms with van der Waals surface area (Å²) >= 11 is -0.988. The van der Waals surface area contributed by atoms with Crippen LogP contribution in [0.4, 0.5) is 22.0 Å². The van der Waals surface area contributed by atoms with Gasteiger partial charge >= 0.3 is 114 Å². The molecule has 0 aromatic heterocycles. The van der Waals surface area contributed by atoms with Crippen LogP contribution >= 0.6 is 15.2 Å². The predicted molar refractivity (Wildman–Crippen MR) is 173 cm³/mol. The van der Waals surface area contributed by atoms with Crippen LogP contribution in [0.5, 0.6) is 0 Å². The molecule has 1 N–H and O–H groups in total. The van der Waals surface area contributed by atoms with Gasteiger partial charge in [-0.1, -0.05) is 0 Å². The summed E-state index contributed by atoms with van der Waals surface area (Å²) in [7, 11) is 11.1. The van der Waals surface area contributed by atoms with Gasteiger partial charge in [-0.2, -0.15) is 21.6 Å². The molecule has 0 saturated heterocycles. The molecular weight excluding hydrogens is 862 g/mol. The molecule has 2 aromatic carbocycles. The van der Waals surface area contributed by atoms with E-state index in [-0.39, 0.29) is 11.6 Å². The molecule has 0 aliphatic carbocycles. The number of nitrogens with zero attached hydrogens (tertiary/aromatic N) is 6. The van der Waals surface area contributed by atoms with Crippen LogP contribution < -0.4 is 6.54 Å². The van der Waals surface area contributed by atoms with Crippen LogP contribution in [0.1, 0.15) is 0 Å². The maximum absolute atomic E-state index is 12.6. The molecule has 0 atom stereocenters. The Morgan fingerprint density at radius 1 is 0.556 bits per heavy atom. The first kappa shape index (κ1) is 46.2. The Bertz CT molecular complexity index is 1210. The minimum Gasteiger partial charge on any atom is -0.279 e. The molecule has 0 fully saturated rings. The van der Waals surface area contributed by atoms with Crippen LogP contribution in [0.3, 0.4) is 0 Å². The van der Waals surface area contributed by atoms with E-state index in [0.29, 0.717) is 0 Å². The molecule has 0 bridgehead atoms. The average Bonchev–Trinajstić information content (AvgIpc) is 2.89. The number of hydrogen-bond acceptors (Lipinski definition) is 4. The standard InChI is InChI=1S/2C6H4F.2C6H18N3OP.CHF3O3S.Bi/c2*7-6-4-2-1-3-5-6;2*1-7(2)11(10,8(3)4)9(5)6;2-1(3,4)8(5,6)7;/h2*2-5H;2*1-6H3;(H,5,6,7);. The van der Waals surface area contributed by atoms with E-state index < -0.39 is 54.0 Å². The third-order valence-corrected chi connectivity index (χ3v) is 16.5. The Morgan fingerprint density at radius 3 is 0.844 bits per heavy atom. The molecule has 0 spiro atoms. The van der Waals surface area contributed by atoms with E-state index in [2.05, 4.69) is 0 Å². The van der Waals surface area contributed by atoms with Gasteiger partial charge < -0.3 is 0 Å². The second-order valence-electron chi connectivity index (χ2n) is 10.1. The van der Waals surface area contributed by atoms with Crippen molar-refractivity contribution in [3.63, 3.8) is 0 Å². The fourth-order valence-electron chi connectivity index (χ4n) is 3.33. The third kappa shape index (κ3) is 15.7. The van der Waals surface area contributed by atoms with E-state index in [0.717, 1.165) is 0 Å². The van der Waals surface area contributed by atoms with Gasteiger partial charge in [-0.05, 0) is 84.6 Å². The molecule has 0 amide bonds. The van der Waals surface area contributed by atoms with E-state index in [1.54, 1.807) is 28.0 Å². The van der Waals surface area contributed by atoms with Crippen LogP contribution in [0.25, 0.3) is 0 Å². The number of hydrogen-bond donors (Lipinski definition) is 1. The largest absolute Gasteiger partial charge is 0.522 e. The number of benzene rings is 2. The number of halogens is 5. The first-order valence-corrected chi connectivity index (χ1v) is 20.7. The fourth-order valence-corrected chi connectivity index (χ4v) is 11.1. The van der Waals surface area contributed by atoms with Crippen molar-refractivity contribution in [2.75, 3.05) is 84.6 Å². The molecule has 2 rings (SSSR count). The fraction of sp³-hybridized carbons (Fsp3) is 0.520. The normalized spacial score (nSPS) is 12.5. The van der Waals surface area contributed by atoms with E-state index in [1.807, 2.05) is 109 Å². The smallest absolute Gasteiger partial charge is 0.279 e. The zero-order valence-corrected chi connectivity index (χ0v) is 33.6. The van der Waals surface area contributed by atoms with Crippen LogP contribution in [0.15, 0.2) is 48.5 Å². The summed E-state index contributed by atoms with van der Waals surface area (Å²) in [6.45, 7) is 0. The van der Waals surface area contributed by atoms with Crippen LogP contribution in [-0.2, 0) is 19.2 Å². The van der Waals surface area contributed by atoms with Crippen LogP contribution in [-0.4, -0.2) is 154 Å². The SMILES string of the molecule is CN(C)P(=O)(N(C)C)N(C)C.CN(C)P(=O)(N(C)C)N(C)C.Fc1cc[c]([Bi][c]2ccc(F)cc2)cc1.O=S(=O)(O)C(F)(F)F. The second kappa shape index (κ2) is 19.8. The molecule has 0 aliphatic heterocycles. The summed E-state index contributed by atoms with van der Waals surface area (Å²) < 4.78 is 120. The summed E-state index contributed by atoms with van der Waals surface area (Å²) in [5.41, 5.74) is -5.53. The first-order valence-electron chi connectivity index (χ1n) is 12.7. The maximum Gasteiger partial charge on any atom is 0.522 e. The number of rotatable bonds is 8. The van der Waals surface area contributed by atoms with Gasteiger partial charge in [0.15, 0.2) is 0 Å².